The number of hydrogen-bond donors (Lipinski definition) is 1. The Labute approximate surface area is 107 Å². The van der Waals surface area contributed by atoms with Gasteiger partial charge in [-0.05, 0) is 25.0 Å². The lowest BCUT2D eigenvalue weighted by Crippen LogP contribution is -2.30. The summed E-state index contributed by atoms with van der Waals surface area (Å²) in [6, 6.07) is 1.75. The number of anilines is 1. The molecule has 0 radical (unpaired) electrons. The van der Waals surface area contributed by atoms with E-state index in [9.17, 15) is 13.2 Å². The molecule has 0 amide bonds. The molecule has 0 aliphatic carbocycles. The van der Waals surface area contributed by atoms with Gasteiger partial charge in [0.15, 0.2) is 0 Å². The van der Waals surface area contributed by atoms with Crippen LogP contribution in [0.25, 0.3) is 0 Å². The molecule has 1 atom stereocenters. The standard InChI is InChI=1S/C11H12ClF3N2O/c12-9-4-7(11(13,14)15)5-10(17-9)16-8-2-1-3-18-6-8/h4-5,8H,1-3,6H2,(H,16,17). The van der Waals surface area contributed by atoms with Gasteiger partial charge in [-0.15, -0.1) is 0 Å². The molecule has 100 valence electrons. The van der Waals surface area contributed by atoms with Crippen molar-refractivity contribution in [3.8, 4) is 0 Å². The van der Waals surface area contributed by atoms with Crippen LogP contribution in [0.15, 0.2) is 12.1 Å². The summed E-state index contributed by atoms with van der Waals surface area (Å²) >= 11 is 5.59. The van der Waals surface area contributed by atoms with E-state index in [2.05, 4.69) is 10.3 Å². The van der Waals surface area contributed by atoms with Crippen LogP contribution in [0, 0.1) is 0 Å². The molecule has 0 bridgehead atoms. The van der Waals surface area contributed by atoms with Crippen LogP contribution < -0.4 is 5.32 Å². The third kappa shape index (κ3) is 3.49. The second-order valence-corrected chi connectivity index (χ2v) is 4.51. The summed E-state index contributed by atoms with van der Waals surface area (Å²) in [5.41, 5.74) is -0.804. The summed E-state index contributed by atoms with van der Waals surface area (Å²) in [6.07, 6.45) is -2.70. The van der Waals surface area contributed by atoms with E-state index in [0.717, 1.165) is 25.0 Å². The highest BCUT2D eigenvalue weighted by atomic mass is 35.5. The van der Waals surface area contributed by atoms with Gasteiger partial charge in [-0.2, -0.15) is 13.2 Å². The number of halogens is 4. The zero-order valence-corrected chi connectivity index (χ0v) is 10.2. The minimum atomic E-state index is -4.42. The van der Waals surface area contributed by atoms with Crippen LogP contribution in [-0.2, 0) is 10.9 Å². The Morgan fingerprint density at radius 2 is 2.17 bits per heavy atom. The number of pyridine rings is 1. The van der Waals surface area contributed by atoms with Crippen molar-refractivity contribution in [2.75, 3.05) is 18.5 Å². The van der Waals surface area contributed by atoms with Crippen molar-refractivity contribution < 1.29 is 17.9 Å². The van der Waals surface area contributed by atoms with E-state index in [0.29, 0.717) is 13.2 Å². The Bertz CT molecular complexity index is 419. The van der Waals surface area contributed by atoms with E-state index < -0.39 is 11.7 Å². The monoisotopic (exact) mass is 280 g/mol. The van der Waals surface area contributed by atoms with Gasteiger partial charge >= 0.3 is 6.18 Å². The van der Waals surface area contributed by atoms with E-state index in [-0.39, 0.29) is 17.0 Å². The van der Waals surface area contributed by atoms with Gasteiger partial charge in [0.25, 0.3) is 0 Å². The Balaban J connectivity index is 2.14. The van der Waals surface area contributed by atoms with Crippen LogP contribution in [0.5, 0.6) is 0 Å². The zero-order valence-electron chi connectivity index (χ0n) is 9.43. The van der Waals surface area contributed by atoms with Gasteiger partial charge in [0.1, 0.15) is 11.0 Å². The molecule has 0 spiro atoms. The lowest BCUT2D eigenvalue weighted by Gasteiger charge is -2.24. The van der Waals surface area contributed by atoms with Crippen molar-refractivity contribution in [2.45, 2.75) is 25.1 Å². The van der Waals surface area contributed by atoms with E-state index in [1.165, 1.54) is 0 Å². The Kier molecular flexibility index (Phi) is 3.97. The molecule has 0 saturated carbocycles. The number of alkyl halides is 3. The number of hydrogen-bond acceptors (Lipinski definition) is 3. The van der Waals surface area contributed by atoms with Crippen molar-refractivity contribution in [3.63, 3.8) is 0 Å². The molecule has 1 aliphatic rings. The fourth-order valence-corrected chi connectivity index (χ4v) is 2.01. The molecular weight excluding hydrogens is 269 g/mol. The predicted molar refractivity (Wildman–Crippen MR) is 61.7 cm³/mol. The summed E-state index contributed by atoms with van der Waals surface area (Å²) in [4.78, 5) is 3.84. The smallest absolute Gasteiger partial charge is 0.379 e. The first-order valence-electron chi connectivity index (χ1n) is 5.54. The predicted octanol–water partition coefficient (Wildman–Crippen LogP) is 3.34. The van der Waals surface area contributed by atoms with Crippen molar-refractivity contribution in [3.05, 3.63) is 22.8 Å². The van der Waals surface area contributed by atoms with Crippen molar-refractivity contribution in [2.24, 2.45) is 0 Å². The molecule has 18 heavy (non-hydrogen) atoms. The van der Waals surface area contributed by atoms with Crippen LogP contribution in [0.2, 0.25) is 5.15 Å². The Morgan fingerprint density at radius 3 is 2.78 bits per heavy atom. The van der Waals surface area contributed by atoms with E-state index >= 15 is 0 Å². The zero-order chi connectivity index (χ0) is 13.2. The fourth-order valence-electron chi connectivity index (χ4n) is 1.80. The average molecular weight is 281 g/mol. The van der Waals surface area contributed by atoms with Crippen molar-refractivity contribution in [1.82, 2.24) is 4.98 Å². The minimum Gasteiger partial charge on any atom is -0.379 e. The number of nitrogens with zero attached hydrogens (tertiary/aromatic N) is 1. The highest BCUT2D eigenvalue weighted by Crippen LogP contribution is 2.32. The first-order chi connectivity index (χ1) is 8.45. The highest BCUT2D eigenvalue weighted by Gasteiger charge is 2.31. The highest BCUT2D eigenvalue weighted by molar-refractivity contribution is 6.29. The molecule has 1 unspecified atom stereocenters. The van der Waals surface area contributed by atoms with Crippen LogP contribution in [-0.4, -0.2) is 24.2 Å². The SMILES string of the molecule is FC(F)(F)c1cc(Cl)nc(NC2CCCOC2)c1. The van der Waals surface area contributed by atoms with Gasteiger partial charge in [-0.25, -0.2) is 4.98 Å². The topological polar surface area (TPSA) is 34.2 Å². The number of aromatic nitrogens is 1. The Morgan fingerprint density at radius 1 is 1.39 bits per heavy atom. The van der Waals surface area contributed by atoms with Crippen LogP contribution >= 0.6 is 11.6 Å². The normalized spacial score (nSPS) is 20.8. The number of ether oxygens (including phenoxy) is 1. The van der Waals surface area contributed by atoms with Crippen LogP contribution in [0.4, 0.5) is 19.0 Å². The summed E-state index contributed by atoms with van der Waals surface area (Å²) < 4.78 is 43.0. The summed E-state index contributed by atoms with van der Waals surface area (Å²) in [5, 5.41) is 2.74. The molecule has 1 aliphatic heterocycles. The average Bonchev–Trinajstić information content (AvgIpc) is 2.28. The van der Waals surface area contributed by atoms with Crippen LogP contribution in [0.1, 0.15) is 18.4 Å². The molecule has 1 aromatic rings. The van der Waals surface area contributed by atoms with Gasteiger partial charge in [0.05, 0.1) is 18.2 Å². The summed E-state index contributed by atoms with van der Waals surface area (Å²) in [5.74, 6) is 0.130. The largest absolute Gasteiger partial charge is 0.416 e. The van der Waals surface area contributed by atoms with Gasteiger partial charge in [-0.3, -0.25) is 0 Å². The second-order valence-electron chi connectivity index (χ2n) is 4.12. The van der Waals surface area contributed by atoms with Crippen molar-refractivity contribution in [1.29, 1.82) is 0 Å². The van der Waals surface area contributed by atoms with E-state index in [1.807, 2.05) is 0 Å². The minimum absolute atomic E-state index is 0.0224. The molecule has 1 fully saturated rings. The van der Waals surface area contributed by atoms with Gasteiger partial charge in [0.2, 0.25) is 0 Å². The first-order valence-corrected chi connectivity index (χ1v) is 5.92. The molecule has 1 saturated heterocycles. The van der Waals surface area contributed by atoms with Crippen molar-refractivity contribution >= 4 is 17.4 Å². The maximum absolute atomic E-state index is 12.6. The lowest BCUT2D eigenvalue weighted by atomic mass is 10.1. The number of rotatable bonds is 2. The first kappa shape index (κ1) is 13.4. The molecule has 1 N–H and O–H groups in total. The van der Waals surface area contributed by atoms with Gasteiger partial charge in [0, 0.05) is 6.61 Å². The third-order valence-electron chi connectivity index (χ3n) is 2.63. The van der Waals surface area contributed by atoms with E-state index in [4.69, 9.17) is 16.3 Å². The molecule has 3 nitrogen and oxygen atoms in total. The molecule has 2 heterocycles. The van der Waals surface area contributed by atoms with Crippen LogP contribution in [0.3, 0.4) is 0 Å². The molecule has 2 rings (SSSR count). The van der Waals surface area contributed by atoms with Gasteiger partial charge < -0.3 is 10.1 Å². The van der Waals surface area contributed by atoms with Gasteiger partial charge in [-0.1, -0.05) is 11.6 Å². The maximum atomic E-state index is 12.6. The molecule has 7 heteroatoms. The Hall–Kier alpha value is -1.01. The molecular formula is C11H12ClF3N2O. The third-order valence-corrected chi connectivity index (χ3v) is 2.83. The lowest BCUT2D eigenvalue weighted by molar-refractivity contribution is -0.137. The quantitative estimate of drug-likeness (QED) is 0.844. The molecule has 1 aromatic heterocycles. The summed E-state index contributed by atoms with van der Waals surface area (Å²) in [7, 11) is 0. The maximum Gasteiger partial charge on any atom is 0.416 e. The fraction of sp³-hybridized carbons (Fsp3) is 0.545. The second kappa shape index (κ2) is 5.32. The van der Waals surface area contributed by atoms with E-state index in [1.54, 1.807) is 0 Å². The summed E-state index contributed by atoms with van der Waals surface area (Å²) in [6.45, 7) is 1.16. The number of nitrogens with one attached hydrogen (secondary N) is 1. The molecule has 0 aromatic carbocycles.